The van der Waals surface area contributed by atoms with E-state index in [1.165, 1.54) is 6.92 Å². The standard InChI is InChI=1S/C31H35N3O4/c1-6-7-12-29-33-26-19-24(32-21(2)35)17-18-27(26)34(29)20-22-13-15-23(16-14-22)25-10-8-9-11-28(25)37-30(36)38-31(3,4)5/h8-11,13-19H,6-7,12,20H2,1-5H3,(H,32,35). The molecule has 0 aliphatic rings. The molecule has 0 spiro atoms. The van der Waals surface area contributed by atoms with Gasteiger partial charge in [0.25, 0.3) is 0 Å². The van der Waals surface area contributed by atoms with Gasteiger partial charge in [-0.3, -0.25) is 4.79 Å². The van der Waals surface area contributed by atoms with Crippen molar-refractivity contribution in [2.24, 2.45) is 0 Å². The van der Waals surface area contributed by atoms with Crippen LogP contribution in [0.25, 0.3) is 22.2 Å². The Labute approximate surface area is 223 Å². The number of carbonyl (C=O) groups is 2. The molecule has 0 aliphatic carbocycles. The number of benzene rings is 3. The van der Waals surface area contributed by atoms with Crippen molar-refractivity contribution in [3.05, 3.63) is 78.1 Å². The zero-order valence-electron chi connectivity index (χ0n) is 22.7. The van der Waals surface area contributed by atoms with Crippen molar-refractivity contribution < 1.29 is 19.1 Å². The third-order valence-electron chi connectivity index (χ3n) is 5.98. The summed E-state index contributed by atoms with van der Waals surface area (Å²) in [6, 6.07) is 21.5. The summed E-state index contributed by atoms with van der Waals surface area (Å²) in [7, 11) is 0. The van der Waals surface area contributed by atoms with Crippen LogP contribution in [0.3, 0.4) is 0 Å². The van der Waals surface area contributed by atoms with E-state index in [-0.39, 0.29) is 5.91 Å². The number of nitrogens with zero attached hydrogens (tertiary/aromatic N) is 2. The molecule has 0 unspecified atom stereocenters. The van der Waals surface area contributed by atoms with E-state index in [1.807, 2.05) is 48.5 Å². The first kappa shape index (κ1) is 26.9. The number of fused-ring (bicyclic) bond motifs is 1. The molecule has 1 heterocycles. The monoisotopic (exact) mass is 513 g/mol. The van der Waals surface area contributed by atoms with Crippen LogP contribution in [0.4, 0.5) is 10.5 Å². The Bertz CT molecular complexity index is 1430. The summed E-state index contributed by atoms with van der Waals surface area (Å²) in [5.41, 5.74) is 4.89. The fourth-order valence-electron chi connectivity index (χ4n) is 4.29. The first-order valence-corrected chi connectivity index (χ1v) is 13.0. The molecule has 0 atom stereocenters. The second-order valence-corrected chi connectivity index (χ2v) is 10.4. The smallest absolute Gasteiger partial charge is 0.428 e. The van der Waals surface area contributed by atoms with E-state index in [0.717, 1.165) is 58.5 Å². The number of aryl methyl sites for hydroxylation is 1. The van der Waals surface area contributed by atoms with Crippen molar-refractivity contribution in [1.82, 2.24) is 9.55 Å². The fourth-order valence-corrected chi connectivity index (χ4v) is 4.29. The van der Waals surface area contributed by atoms with Crippen molar-refractivity contribution in [3.8, 4) is 16.9 Å². The molecule has 4 rings (SSSR count). The van der Waals surface area contributed by atoms with Gasteiger partial charge < -0.3 is 19.4 Å². The number of imidazole rings is 1. The molecule has 4 aromatic rings. The Balaban J connectivity index is 1.59. The number of amides is 1. The molecule has 1 aromatic heterocycles. The van der Waals surface area contributed by atoms with Crippen LogP contribution in [-0.2, 0) is 22.5 Å². The number of anilines is 1. The lowest BCUT2D eigenvalue weighted by molar-refractivity contribution is -0.114. The Morgan fingerprint density at radius 3 is 2.42 bits per heavy atom. The summed E-state index contributed by atoms with van der Waals surface area (Å²) in [6.07, 6.45) is 2.29. The van der Waals surface area contributed by atoms with Crippen molar-refractivity contribution in [1.29, 1.82) is 0 Å². The van der Waals surface area contributed by atoms with Gasteiger partial charge in [-0.15, -0.1) is 0 Å². The Morgan fingerprint density at radius 1 is 1.00 bits per heavy atom. The van der Waals surface area contributed by atoms with Gasteiger partial charge in [-0.1, -0.05) is 55.8 Å². The highest BCUT2D eigenvalue weighted by atomic mass is 16.7. The van der Waals surface area contributed by atoms with Crippen LogP contribution in [-0.4, -0.2) is 27.2 Å². The lowest BCUT2D eigenvalue weighted by atomic mass is 10.0. The Kier molecular flexibility index (Phi) is 8.15. The number of nitrogens with one attached hydrogen (secondary N) is 1. The van der Waals surface area contributed by atoms with E-state index in [0.29, 0.717) is 12.3 Å². The van der Waals surface area contributed by atoms with Crippen molar-refractivity contribution in [2.45, 2.75) is 66.0 Å². The van der Waals surface area contributed by atoms with Gasteiger partial charge in [0, 0.05) is 31.1 Å². The molecule has 1 amide bonds. The molecular formula is C31H35N3O4. The van der Waals surface area contributed by atoms with Gasteiger partial charge in [0.05, 0.1) is 11.0 Å². The Hall–Kier alpha value is -4.13. The zero-order valence-corrected chi connectivity index (χ0v) is 22.7. The van der Waals surface area contributed by atoms with Crippen LogP contribution in [0, 0.1) is 0 Å². The molecule has 7 heteroatoms. The fraction of sp³-hybridized carbons (Fsp3) is 0.323. The van der Waals surface area contributed by atoms with E-state index < -0.39 is 11.8 Å². The second-order valence-electron chi connectivity index (χ2n) is 10.4. The molecule has 1 N–H and O–H groups in total. The van der Waals surface area contributed by atoms with Gasteiger partial charge >= 0.3 is 6.16 Å². The van der Waals surface area contributed by atoms with Gasteiger partial charge in [-0.25, -0.2) is 9.78 Å². The lowest BCUT2D eigenvalue weighted by Crippen LogP contribution is -2.26. The summed E-state index contributed by atoms with van der Waals surface area (Å²) >= 11 is 0. The normalized spacial score (nSPS) is 11.4. The van der Waals surface area contributed by atoms with Crippen LogP contribution < -0.4 is 10.1 Å². The van der Waals surface area contributed by atoms with Crippen LogP contribution in [0.15, 0.2) is 66.7 Å². The average Bonchev–Trinajstić information content (AvgIpc) is 3.18. The molecule has 38 heavy (non-hydrogen) atoms. The lowest BCUT2D eigenvalue weighted by Gasteiger charge is -2.19. The predicted octanol–water partition coefficient (Wildman–Crippen LogP) is 7.37. The third kappa shape index (κ3) is 6.79. The summed E-state index contributed by atoms with van der Waals surface area (Å²) in [4.78, 5) is 28.6. The number of carbonyl (C=O) groups excluding carboxylic acids is 2. The first-order valence-electron chi connectivity index (χ1n) is 13.0. The number of rotatable bonds is 8. The van der Waals surface area contributed by atoms with Crippen molar-refractivity contribution in [2.75, 3.05) is 5.32 Å². The second kappa shape index (κ2) is 11.5. The summed E-state index contributed by atoms with van der Waals surface area (Å²) < 4.78 is 13.1. The summed E-state index contributed by atoms with van der Waals surface area (Å²) in [5, 5.41) is 2.84. The first-order chi connectivity index (χ1) is 18.1. The van der Waals surface area contributed by atoms with E-state index in [2.05, 4.69) is 28.9 Å². The number of hydrogen-bond acceptors (Lipinski definition) is 5. The number of aromatic nitrogens is 2. The molecule has 0 fully saturated rings. The predicted molar refractivity (Wildman–Crippen MR) is 150 cm³/mol. The maximum Gasteiger partial charge on any atom is 0.514 e. The molecule has 0 bridgehead atoms. The minimum absolute atomic E-state index is 0.104. The molecule has 7 nitrogen and oxygen atoms in total. The quantitative estimate of drug-likeness (QED) is 0.196. The maximum absolute atomic E-state index is 12.3. The van der Waals surface area contributed by atoms with Crippen molar-refractivity contribution in [3.63, 3.8) is 0 Å². The SMILES string of the molecule is CCCCc1nc2cc(NC(C)=O)ccc2n1Cc1ccc(-c2ccccc2OC(=O)OC(C)(C)C)cc1. The van der Waals surface area contributed by atoms with Gasteiger partial charge in [-0.2, -0.15) is 0 Å². The van der Waals surface area contributed by atoms with Crippen LogP contribution in [0.5, 0.6) is 5.75 Å². The van der Waals surface area contributed by atoms with Crippen molar-refractivity contribution >= 4 is 28.8 Å². The molecule has 0 radical (unpaired) electrons. The van der Waals surface area contributed by atoms with Gasteiger partial charge in [0.2, 0.25) is 5.91 Å². The Morgan fingerprint density at radius 2 is 1.74 bits per heavy atom. The highest BCUT2D eigenvalue weighted by Crippen LogP contribution is 2.31. The third-order valence-corrected chi connectivity index (χ3v) is 5.98. The molecule has 0 saturated heterocycles. The van der Waals surface area contributed by atoms with Gasteiger partial charge in [0.15, 0.2) is 0 Å². The molecule has 0 aliphatic heterocycles. The number of hydrogen-bond donors (Lipinski definition) is 1. The van der Waals surface area contributed by atoms with Gasteiger partial charge in [0.1, 0.15) is 17.2 Å². The molecular weight excluding hydrogens is 478 g/mol. The zero-order chi connectivity index (χ0) is 27.3. The number of unbranched alkanes of at least 4 members (excludes halogenated alkanes) is 1. The van der Waals surface area contributed by atoms with E-state index in [9.17, 15) is 9.59 Å². The number of para-hydroxylation sites is 1. The minimum Gasteiger partial charge on any atom is -0.428 e. The topological polar surface area (TPSA) is 82.5 Å². The minimum atomic E-state index is -0.727. The van der Waals surface area contributed by atoms with Crippen LogP contribution >= 0.6 is 0 Å². The number of ether oxygens (including phenoxy) is 2. The van der Waals surface area contributed by atoms with Crippen LogP contribution in [0.1, 0.15) is 58.8 Å². The summed E-state index contributed by atoms with van der Waals surface area (Å²) in [5.74, 6) is 1.38. The highest BCUT2D eigenvalue weighted by Gasteiger charge is 2.19. The highest BCUT2D eigenvalue weighted by molar-refractivity contribution is 5.91. The molecule has 0 saturated carbocycles. The van der Waals surface area contributed by atoms with E-state index >= 15 is 0 Å². The largest absolute Gasteiger partial charge is 0.514 e. The van der Waals surface area contributed by atoms with E-state index in [4.69, 9.17) is 14.5 Å². The van der Waals surface area contributed by atoms with Crippen LogP contribution in [0.2, 0.25) is 0 Å². The van der Waals surface area contributed by atoms with E-state index in [1.54, 1.807) is 26.8 Å². The molecule has 198 valence electrons. The average molecular weight is 514 g/mol. The summed E-state index contributed by atoms with van der Waals surface area (Å²) in [6.45, 7) is 9.76. The maximum atomic E-state index is 12.3. The van der Waals surface area contributed by atoms with Gasteiger partial charge in [-0.05, 0) is 62.6 Å². The molecule has 3 aromatic carbocycles.